The lowest BCUT2D eigenvalue weighted by atomic mass is 9.98. The number of hydrogen-bond acceptors (Lipinski definition) is 3. The molecule has 1 aromatic carbocycles. The molecule has 21 heavy (non-hydrogen) atoms. The summed E-state index contributed by atoms with van der Waals surface area (Å²) in [6.45, 7) is 1.15. The maximum atomic E-state index is 12.7. The monoisotopic (exact) mass is 283 g/mol. The maximum Gasteiger partial charge on any atom is 0.263 e. The van der Waals surface area contributed by atoms with Gasteiger partial charge in [-0.2, -0.15) is 0 Å². The fourth-order valence-corrected chi connectivity index (χ4v) is 2.87. The van der Waals surface area contributed by atoms with Crippen LogP contribution in [0.3, 0.4) is 0 Å². The molecule has 1 unspecified atom stereocenters. The summed E-state index contributed by atoms with van der Waals surface area (Å²) < 4.78 is 0. The van der Waals surface area contributed by atoms with E-state index in [0.717, 1.165) is 17.7 Å². The van der Waals surface area contributed by atoms with E-state index in [1.165, 1.54) is 6.20 Å². The molecule has 2 aromatic rings. The van der Waals surface area contributed by atoms with Crippen molar-refractivity contribution >= 4 is 11.6 Å². The van der Waals surface area contributed by atoms with Crippen LogP contribution < -0.4 is 16.2 Å². The molecule has 3 N–H and O–H groups in total. The molecule has 0 radical (unpaired) electrons. The largest absolute Gasteiger partial charge is 0.330 e. The molecule has 1 aliphatic heterocycles. The van der Waals surface area contributed by atoms with E-state index in [-0.39, 0.29) is 22.9 Å². The topological polar surface area (TPSA) is 79.2 Å². The smallest absolute Gasteiger partial charge is 0.263 e. The highest BCUT2D eigenvalue weighted by atomic mass is 16.2. The molecule has 0 aliphatic carbocycles. The number of carbonyl (C=O) groups excluding carboxylic acids is 1. The highest BCUT2D eigenvalue weighted by Gasteiger charge is 2.32. The van der Waals surface area contributed by atoms with Crippen molar-refractivity contribution in [1.82, 2.24) is 4.98 Å². The second-order valence-corrected chi connectivity index (χ2v) is 5.16. The van der Waals surface area contributed by atoms with Gasteiger partial charge < -0.3 is 15.6 Å². The number of rotatable bonds is 3. The van der Waals surface area contributed by atoms with E-state index in [9.17, 15) is 9.59 Å². The first-order chi connectivity index (χ1) is 10.2. The molecule has 0 spiro atoms. The molecule has 1 amide bonds. The number of nitrogens with zero attached hydrogens (tertiary/aromatic N) is 1. The van der Waals surface area contributed by atoms with E-state index >= 15 is 0 Å². The van der Waals surface area contributed by atoms with Gasteiger partial charge in [0.25, 0.3) is 11.5 Å². The normalized spacial score (nSPS) is 16.8. The Bertz CT molecular complexity index is 723. The summed E-state index contributed by atoms with van der Waals surface area (Å²) in [6.07, 6.45) is 2.35. The van der Waals surface area contributed by atoms with E-state index in [4.69, 9.17) is 5.73 Å². The number of H-pyrrole nitrogens is 1. The average Bonchev–Trinajstić information content (AvgIpc) is 2.87. The first-order valence-corrected chi connectivity index (χ1v) is 7.01. The van der Waals surface area contributed by atoms with Crippen LogP contribution in [0.5, 0.6) is 0 Å². The summed E-state index contributed by atoms with van der Waals surface area (Å²) in [5.41, 5.74) is 7.48. The number of aromatic amines is 1. The molecule has 1 aliphatic rings. The average molecular weight is 283 g/mol. The van der Waals surface area contributed by atoms with Crippen LogP contribution in [-0.2, 0) is 0 Å². The molecule has 0 saturated heterocycles. The van der Waals surface area contributed by atoms with Gasteiger partial charge in [0, 0.05) is 24.3 Å². The van der Waals surface area contributed by atoms with E-state index in [2.05, 4.69) is 4.98 Å². The quantitative estimate of drug-likeness (QED) is 0.895. The Morgan fingerprint density at radius 2 is 2.10 bits per heavy atom. The molecular formula is C16H17N3O2. The first-order valence-electron chi connectivity index (χ1n) is 7.01. The van der Waals surface area contributed by atoms with Crippen LogP contribution >= 0.6 is 0 Å². The maximum absolute atomic E-state index is 12.7. The van der Waals surface area contributed by atoms with Crippen LogP contribution in [0, 0.1) is 0 Å². The van der Waals surface area contributed by atoms with Gasteiger partial charge in [-0.25, -0.2) is 0 Å². The highest BCUT2D eigenvalue weighted by molar-refractivity contribution is 6.07. The molecule has 5 nitrogen and oxygen atoms in total. The van der Waals surface area contributed by atoms with Crippen LogP contribution in [0.25, 0.3) is 0 Å². The number of fused-ring (bicyclic) bond motifs is 1. The Morgan fingerprint density at radius 1 is 1.29 bits per heavy atom. The lowest BCUT2D eigenvalue weighted by molar-refractivity contribution is 0.0986. The molecule has 108 valence electrons. The predicted molar refractivity (Wildman–Crippen MR) is 81.6 cm³/mol. The summed E-state index contributed by atoms with van der Waals surface area (Å²) in [5.74, 6) is -0.0261. The van der Waals surface area contributed by atoms with Crippen LogP contribution in [-0.4, -0.2) is 24.0 Å². The van der Waals surface area contributed by atoms with Crippen molar-refractivity contribution in [3.05, 3.63) is 64.1 Å². The minimum Gasteiger partial charge on any atom is -0.330 e. The minimum absolute atomic E-state index is 0.167. The molecular weight excluding hydrogens is 266 g/mol. The second-order valence-electron chi connectivity index (χ2n) is 5.16. The Balaban J connectivity index is 1.99. The van der Waals surface area contributed by atoms with E-state index in [1.54, 1.807) is 17.0 Å². The number of nitrogens with one attached hydrogen (secondary N) is 1. The Morgan fingerprint density at radius 3 is 2.86 bits per heavy atom. The zero-order valence-corrected chi connectivity index (χ0v) is 11.6. The summed E-state index contributed by atoms with van der Waals surface area (Å²) in [6, 6.07) is 11.0. The summed E-state index contributed by atoms with van der Waals surface area (Å²) in [7, 11) is 0. The van der Waals surface area contributed by atoms with Crippen molar-refractivity contribution < 1.29 is 4.79 Å². The van der Waals surface area contributed by atoms with Gasteiger partial charge in [0.2, 0.25) is 0 Å². The van der Waals surface area contributed by atoms with Crippen molar-refractivity contribution in [3.63, 3.8) is 0 Å². The Kier molecular flexibility index (Phi) is 3.58. The van der Waals surface area contributed by atoms with E-state index < -0.39 is 0 Å². The van der Waals surface area contributed by atoms with Gasteiger partial charge in [-0.05, 0) is 36.7 Å². The summed E-state index contributed by atoms with van der Waals surface area (Å²) in [5, 5.41) is 0. The third kappa shape index (κ3) is 2.36. The fourth-order valence-electron chi connectivity index (χ4n) is 2.87. The fraction of sp³-hybridized carbons (Fsp3) is 0.250. The van der Waals surface area contributed by atoms with Crippen molar-refractivity contribution in [1.29, 1.82) is 0 Å². The lowest BCUT2D eigenvalue weighted by Crippen LogP contribution is -2.34. The molecule has 0 bridgehead atoms. The van der Waals surface area contributed by atoms with Crippen molar-refractivity contribution in [3.8, 4) is 0 Å². The van der Waals surface area contributed by atoms with Gasteiger partial charge >= 0.3 is 0 Å². The molecule has 2 heterocycles. The summed E-state index contributed by atoms with van der Waals surface area (Å²) in [4.78, 5) is 28.7. The number of nitrogens with two attached hydrogens (primary N) is 1. The van der Waals surface area contributed by atoms with Crippen molar-refractivity contribution in [2.75, 3.05) is 18.0 Å². The van der Waals surface area contributed by atoms with Crippen LogP contribution in [0.2, 0.25) is 0 Å². The molecule has 0 saturated carbocycles. The number of benzene rings is 1. The number of amides is 1. The molecule has 0 fully saturated rings. The van der Waals surface area contributed by atoms with Gasteiger partial charge in [0.05, 0.1) is 0 Å². The third-order valence-electron chi connectivity index (χ3n) is 3.88. The number of pyridine rings is 1. The van der Waals surface area contributed by atoms with Crippen LogP contribution in [0.4, 0.5) is 5.69 Å². The molecule has 1 aromatic heterocycles. The van der Waals surface area contributed by atoms with Crippen molar-refractivity contribution in [2.45, 2.75) is 12.3 Å². The standard InChI is InChI=1S/C16H17N3O2/c17-8-7-11-10-19(14-6-2-1-4-12(11)14)16(21)13-5-3-9-18-15(13)20/h1-6,9,11H,7-8,10,17H2,(H,18,20). The van der Waals surface area contributed by atoms with Gasteiger partial charge in [-0.15, -0.1) is 0 Å². The van der Waals surface area contributed by atoms with Gasteiger partial charge in [-0.1, -0.05) is 18.2 Å². The predicted octanol–water partition coefficient (Wildman–Crippen LogP) is 1.47. The second kappa shape index (κ2) is 5.54. The Hall–Kier alpha value is -2.40. The number of anilines is 1. The first kappa shape index (κ1) is 13.6. The van der Waals surface area contributed by atoms with E-state index in [0.29, 0.717) is 13.1 Å². The summed E-state index contributed by atoms with van der Waals surface area (Å²) >= 11 is 0. The van der Waals surface area contributed by atoms with Gasteiger partial charge in [0.1, 0.15) is 5.56 Å². The SMILES string of the molecule is NCCC1CN(C(=O)c2ccc[nH]c2=O)c2ccccc21. The minimum atomic E-state index is -0.359. The highest BCUT2D eigenvalue weighted by Crippen LogP contribution is 2.38. The van der Waals surface area contributed by atoms with Crippen LogP contribution in [0.15, 0.2) is 47.4 Å². The lowest BCUT2D eigenvalue weighted by Gasteiger charge is -2.17. The number of carbonyl (C=O) groups is 1. The van der Waals surface area contributed by atoms with Gasteiger partial charge in [0.15, 0.2) is 0 Å². The van der Waals surface area contributed by atoms with Crippen LogP contribution in [0.1, 0.15) is 28.3 Å². The Labute approximate surface area is 122 Å². The number of para-hydroxylation sites is 1. The van der Waals surface area contributed by atoms with Crippen molar-refractivity contribution in [2.24, 2.45) is 5.73 Å². The zero-order valence-electron chi connectivity index (χ0n) is 11.6. The number of hydrogen-bond donors (Lipinski definition) is 2. The molecule has 3 rings (SSSR count). The molecule has 1 atom stereocenters. The molecule has 5 heteroatoms. The zero-order chi connectivity index (χ0) is 14.8. The third-order valence-corrected chi connectivity index (χ3v) is 3.88. The number of aromatic nitrogens is 1. The van der Waals surface area contributed by atoms with Gasteiger partial charge in [-0.3, -0.25) is 9.59 Å². The van der Waals surface area contributed by atoms with E-state index in [1.807, 2.05) is 24.3 Å².